The van der Waals surface area contributed by atoms with Gasteiger partial charge in [-0.05, 0) is 11.4 Å². The van der Waals surface area contributed by atoms with Crippen molar-refractivity contribution >= 4 is 22.9 Å². The van der Waals surface area contributed by atoms with Gasteiger partial charge in [0.2, 0.25) is 0 Å². The molecule has 0 amide bonds. The van der Waals surface area contributed by atoms with Crippen LogP contribution < -0.4 is 0 Å². The fourth-order valence-corrected chi connectivity index (χ4v) is 1.72. The maximum absolute atomic E-state index is 13.3. The number of hydrogen-bond acceptors (Lipinski definition) is 3. The second-order valence-corrected chi connectivity index (χ2v) is 3.48. The Bertz CT molecular complexity index is 416. The normalized spacial score (nSPS) is 10.3. The molecule has 0 aliphatic rings. The van der Waals surface area contributed by atoms with Crippen molar-refractivity contribution in [3.8, 4) is 11.3 Å². The molecule has 0 saturated carbocycles. The van der Waals surface area contributed by atoms with E-state index < -0.39 is 5.82 Å². The summed E-state index contributed by atoms with van der Waals surface area (Å²) in [7, 11) is 0. The molecule has 2 rings (SSSR count). The van der Waals surface area contributed by atoms with E-state index in [1.54, 1.807) is 6.07 Å². The first-order chi connectivity index (χ1) is 6.29. The standard InChI is InChI=1S/C8H4ClFN2S/c9-8-6(10)7(11-4-12-8)5-1-2-13-3-5/h1-4H. The van der Waals surface area contributed by atoms with E-state index in [0.29, 0.717) is 0 Å². The van der Waals surface area contributed by atoms with Crippen LogP contribution >= 0.6 is 22.9 Å². The summed E-state index contributed by atoms with van der Waals surface area (Å²) in [6.07, 6.45) is 1.25. The molecule has 0 unspecified atom stereocenters. The van der Waals surface area contributed by atoms with Crippen LogP contribution in [0.5, 0.6) is 0 Å². The van der Waals surface area contributed by atoms with Gasteiger partial charge in [0, 0.05) is 10.9 Å². The molecular weight excluding hydrogens is 211 g/mol. The Hall–Kier alpha value is -1.00. The van der Waals surface area contributed by atoms with Crippen molar-refractivity contribution in [1.82, 2.24) is 9.97 Å². The summed E-state index contributed by atoms with van der Waals surface area (Å²) in [5, 5.41) is 3.52. The molecule has 2 heterocycles. The molecule has 66 valence electrons. The topological polar surface area (TPSA) is 25.8 Å². The van der Waals surface area contributed by atoms with Crippen LogP contribution in [-0.2, 0) is 0 Å². The molecule has 0 saturated heterocycles. The maximum Gasteiger partial charge on any atom is 0.186 e. The van der Waals surface area contributed by atoms with Gasteiger partial charge in [0.25, 0.3) is 0 Å². The van der Waals surface area contributed by atoms with Crippen LogP contribution in [0.25, 0.3) is 11.3 Å². The highest BCUT2D eigenvalue weighted by Crippen LogP contribution is 2.25. The first-order valence-corrected chi connectivity index (χ1v) is 4.79. The van der Waals surface area contributed by atoms with Gasteiger partial charge < -0.3 is 0 Å². The molecule has 0 atom stereocenters. The third-order valence-electron chi connectivity index (χ3n) is 1.54. The molecule has 5 heteroatoms. The number of halogens is 2. The molecule has 2 nitrogen and oxygen atoms in total. The zero-order valence-corrected chi connectivity index (χ0v) is 7.94. The van der Waals surface area contributed by atoms with Crippen molar-refractivity contribution in [2.45, 2.75) is 0 Å². The number of hydrogen-bond donors (Lipinski definition) is 0. The predicted molar refractivity (Wildman–Crippen MR) is 50.3 cm³/mol. The van der Waals surface area contributed by atoms with E-state index in [1.807, 2.05) is 10.8 Å². The number of nitrogens with zero attached hydrogens (tertiary/aromatic N) is 2. The summed E-state index contributed by atoms with van der Waals surface area (Å²) < 4.78 is 13.3. The van der Waals surface area contributed by atoms with Crippen molar-refractivity contribution in [1.29, 1.82) is 0 Å². The van der Waals surface area contributed by atoms with Gasteiger partial charge in [-0.1, -0.05) is 11.6 Å². The minimum Gasteiger partial charge on any atom is -0.233 e. The highest BCUT2D eigenvalue weighted by Gasteiger charge is 2.10. The molecule has 0 aromatic carbocycles. The molecule has 0 bridgehead atoms. The molecular formula is C8H4ClFN2S. The van der Waals surface area contributed by atoms with E-state index in [9.17, 15) is 4.39 Å². The van der Waals surface area contributed by atoms with Crippen LogP contribution in [0, 0.1) is 5.82 Å². The molecule has 0 radical (unpaired) electrons. The Kier molecular flexibility index (Phi) is 2.24. The lowest BCUT2D eigenvalue weighted by Crippen LogP contribution is -1.91. The first-order valence-electron chi connectivity index (χ1n) is 3.47. The molecule has 13 heavy (non-hydrogen) atoms. The van der Waals surface area contributed by atoms with Gasteiger partial charge in [-0.2, -0.15) is 11.3 Å². The van der Waals surface area contributed by atoms with Gasteiger partial charge in [0.1, 0.15) is 12.0 Å². The molecule has 2 aromatic rings. The monoisotopic (exact) mass is 214 g/mol. The van der Waals surface area contributed by atoms with Gasteiger partial charge in [-0.3, -0.25) is 0 Å². The summed E-state index contributed by atoms with van der Waals surface area (Å²) >= 11 is 6.99. The third kappa shape index (κ3) is 1.55. The number of thiophene rings is 1. The van der Waals surface area contributed by atoms with Crippen LogP contribution in [0.15, 0.2) is 23.2 Å². The Balaban J connectivity index is 2.59. The van der Waals surface area contributed by atoms with E-state index in [4.69, 9.17) is 11.6 Å². The second-order valence-electron chi connectivity index (χ2n) is 2.34. The van der Waals surface area contributed by atoms with Crippen LogP contribution in [0.3, 0.4) is 0 Å². The first kappa shape index (κ1) is 8.59. The summed E-state index contributed by atoms with van der Waals surface area (Å²) in [5.74, 6) is -0.567. The zero-order valence-electron chi connectivity index (χ0n) is 6.37. The maximum atomic E-state index is 13.3. The third-order valence-corrected chi connectivity index (χ3v) is 2.49. The Morgan fingerprint density at radius 2 is 2.23 bits per heavy atom. The second kappa shape index (κ2) is 3.40. The minimum atomic E-state index is -0.567. The van der Waals surface area contributed by atoms with E-state index in [1.165, 1.54) is 17.7 Å². The van der Waals surface area contributed by atoms with E-state index in [2.05, 4.69) is 9.97 Å². The van der Waals surface area contributed by atoms with Crippen molar-refractivity contribution in [3.05, 3.63) is 34.1 Å². The average Bonchev–Trinajstić information content (AvgIpc) is 2.62. The van der Waals surface area contributed by atoms with Crippen molar-refractivity contribution < 1.29 is 4.39 Å². The predicted octanol–water partition coefficient (Wildman–Crippen LogP) is 3.00. The van der Waals surface area contributed by atoms with Crippen LogP contribution in [0.2, 0.25) is 5.15 Å². The molecule has 0 aliphatic heterocycles. The smallest absolute Gasteiger partial charge is 0.186 e. The lowest BCUT2D eigenvalue weighted by atomic mass is 10.2. The number of aromatic nitrogens is 2. The van der Waals surface area contributed by atoms with Crippen LogP contribution in [-0.4, -0.2) is 9.97 Å². The summed E-state index contributed by atoms with van der Waals surface area (Å²) in [5.41, 5.74) is 0.980. The average molecular weight is 215 g/mol. The molecule has 0 spiro atoms. The van der Waals surface area contributed by atoms with Gasteiger partial charge in [-0.15, -0.1) is 0 Å². The fourth-order valence-electron chi connectivity index (χ4n) is 0.949. The molecule has 2 aromatic heterocycles. The van der Waals surface area contributed by atoms with Gasteiger partial charge >= 0.3 is 0 Å². The lowest BCUT2D eigenvalue weighted by molar-refractivity contribution is 0.618. The van der Waals surface area contributed by atoms with Crippen molar-refractivity contribution in [3.63, 3.8) is 0 Å². The largest absolute Gasteiger partial charge is 0.233 e. The Morgan fingerprint density at radius 3 is 2.92 bits per heavy atom. The molecule has 0 N–H and O–H groups in total. The van der Waals surface area contributed by atoms with E-state index in [-0.39, 0.29) is 10.8 Å². The molecule has 0 fully saturated rings. The zero-order chi connectivity index (χ0) is 9.26. The lowest BCUT2D eigenvalue weighted by Gasteiger charge is -1.98. The Morgan fingerprint density at radius 1 is 1.38 bits per heavy atom. The van der Waals surface area contributed by atoms with Gasteiger partial charge in [0.05, 0.1) is 0 Å². The summed E-state index contributed by atoms with van der Waals surface area (Å²) in [6.45, 7) is 0. The van der Waals surface area contributed by atoms with Crippen molar-refractivity contribution in [2.24, 2.45) is 0 Å². The Labute approximate surface area is 83.0 Å². The summed E-state index contributed by atoms with van der Waals surface area (Å²) in [4.78, 5) is 7.35. The summed E-state index contributed by atoms with van der Waals surface area (Å²) in [6, 6.07) is 1.78. The van der Waals surface area contributed by atoms with Gasteiger partial charge in [-0.25, -0.2) is 14.4 Å². The van der Waals surface area contributed by atoms with Gasteiger partial charge in [0.15, 0.2) is 11.0 Å². The van der Waals surface area contributed by atoms with Crippen LogP contribution in [0.1, 0.15) is 0 Å². The number of rotatable bonds is 1. The SMILES string of the molecule is Fc1c(Cl)ncnc1-c1ccsc1. The highest BCUT2D eigenvalue weighted by molar-refractivity contribution is 7.08. The fraction of sp³-hybridized carbons (Fsp3) is 0. The van der Waals surface area contributed by atoms with E-state index in [0.717, 1.165) is 5.56 Å². The van der Waals surface area contributed by atoms with E-state index >= 15 is 0 Å². The van der Waals surface area contributed by atoms with Crippen LogP contribution in [0.4, 0.5) is 4.39 Å². The molecule has 0 aliphatic carbocycles. The highest BCUT2D eigenvalue weighted by atomic mass is 35.5. The minimum absolute atomic E-state index is 0.142. The quantitative estimate of drug-likeness (QED) is 0.682. The van der Waals surface area contributed by atoms with Crippen molar-refractivity contribution in [2.75, 3.05) is 0 Å².